The van der Waals surface area contributed by atoms with Crippen molar-refractivity contribution < 1.29 is 13.2 Å². The lowest BCUT2D eigenvalue weighted by Crippen LogP contribution is -2.50. The Morgan fingerprint density at radius 3 is 2.10 bits per heavy atom. The van der Waals surface area contributed by atoms with Crippen LogP contribution in [0.2, 0.25) is 0 Å². The lowest BCUT2D eigenvalue weighted by molar-refractivity contribution is 0.0199. The molecule has 0 radical (unpaired) electrons. The summed E-state index contributed by atoms with van der Waals surface area (Å²) in [5, 5.41) is 0. The highest BCUT2D eigenvalue weighted by Gasteiger charge is 2.34. The van der Waals surface area contributed by atoms with Gasteiger partial charge in [-0.3, -0.25) is 0 Å². The van der Waals surface area contributed by atoms with Gasteiger partial charge in [-0.2, -0.15) is 17.0 Å². The second kappa shape index (κ2) is 7.87. The van der Waals surface area contributed by atoms with Crippen LogP contribution in [0, 0.1) is 5.92 Å². The first-order chi connectivity index (χ1) is 10.0. The molecule has 2 heterocycles. The van der Waals surface area contributed by atoms with Gasteiger partial charge in [0.15, 0.2) is 0 Å². The van der Waals surface area contributed by atoms with Gasteiger partial charge in [-0.05, 0) is 44.6 Å². The van der Waals surface area contributed by atoms with Crippen LogP contribution in [-0.2, 0) is 14.9 Å². The summed E-state index contributed by atoms with van der Waals surface area (Å²) < 4.78 is 34.2. The van der Waals surface area contributed by atoms with Gasteiger partial charge < -0.3 is 10.5 Å². The van der Waals surface area contributed by atoms with Crippen molar-refractivity contribution in [3.63, 3.8) is 0 Å². The molecule has 2 fully saturated rings. The van der Waals surface area contributed by atoms with E-state index in [1.54, 1.807) is 8.61 Å². The molecular formula is C14H29N3O3S. The van der Waals surface area contributed by atoms with E-state index in [4.69, 9.17) is 10.5 Å². The van der Waals surface area contributed by atoms with Crippen LogP contribution in [0.5, 0.6) is 0 Å². The van der Waals surface area contributed by atoms with E-state index >= 15 is 0 Å². The number of nitrogens with two attached hydrogens (primary N) is 1. The number of rotatable bonds is 6. The van der Waals surface area contributed by atoms with Crippen LogP contribution < -0.4 is 5.73 Å². The molecule has 0 spiro atoms. The Bertz CT molecular complexity index is 400. The lowest BCUT2D eigenvalue weighted by Gasteiger charge is -2.37. The lowest BCUT2D eigenvalue weighted by atomic mass is 10.0. The maximum absolute atomic E-state index is 12.6. The first kappa shape index (κ1) is 17.1. The van der Waals surface area contributed by atoms with Gasteiger partial charge in [0, 0.05) is 32.8 Å². The van der Waals surface area contributed by atoms with Crippen molar-refractivity contribution in [1.29, 1.82) is 0 Å². The highest BCUT2D eigenvalue weighted by Crippen LogP contribution is 2.23. The van der Waals surface area contributed by atoms with Gasteiger partial charge in [0.2, 0.25) is 0 Å². The molecule has 0 aromatic carbocycles. The Kier molecular flexibility index (Phi) is 6.43. The molecule has 2 aliphatic heterocycles. The van der Waals surface area contributed by atoms with E-state index in [-0.39, 0.29) is 6.10 Å². The van der Waals surface area contributed by atoms with Crippen LogP contribution in [0.25, 0.3) is 0 Å². The summed E-state index contributed by atoms with van der Waals surface area (Å²) in [5.74, 6) is 0.637. The van der Waals surface area contributed by atoms with E-state index in [0.717, 1.165) is 32.1 Å². The predicted octanol–water partition coefficient (Wildman–Crippen LogP) is 0.793. The fraction of sp³-hybridized carbons (Fsp3) is 1.00. The fourth-order valence-electron chi connectivity index (χ4n) is 2.94. The molecule has 7 heteroatoms. The van der Waals surface area contributed by atoms with Crippen LogP contribution in [0.1, 0.15) is 39.0 Å². The van der Waals surface area contributed by atoms with E-state index in [0.29, 0.717) is 45.2 Å². The molecule has 0 aromatic rings. The zero-order valence-electron chi connectivity index (χ0n) is 13.0. The molecule has 0 atom stereocenters. The molecule has 0 unspecified atom stereocenters. The third-order valence-electron chi connectivity index (χ3n) is 4.50. The quantitative estimate of drug-likeness (QED) is 0.735. The summed E-state index contributed by atoms with van der Waals surface area (Å²) in [4.78, 5) is 0. The average Bonchev–Trinajstić information content (AvgIpc) is 2.48. The Hall–Kier alpha value is -0.210. The minimum atomic E-state index is -3.27. The SMILES string of the molecule is CC1CCN(S(=O)(=O)N2CCC(OCCCN)CC2)CC1. The minimum absolute atomic E-state index is 0.185. The van der Waals surface area contributed by atoms with E-state index in [1.165, 1.54) is 0 Å². The maximum Gasteiger partial charge on any atom is 0.281 e. The van der Waals surface area contributed by atoms with Crippen LogP contribution in [0.15, 0.2) is 0 Å². The Morgan fingerprint density at radius 1 is 1.05 bits per heavy atom. The molecule has 2 N–H and O–H groups in total. The van der Waals surface area contributed by atoms with E-state index in [9.17, 15) is 8.42 Å². The van der Waals surface area contributed by atoms with Crippen molar-refractivity contribution >= 4 is 10.2 Å². The number of piperidine rings is 2. The van der Waals surface area contributed by atoms with Crippen molar-refractivity contribution in [2.45, 2.75) is 45.1 Å². The molecule has 0 aromatic heterocycles. The van der Waals surface area contributed by atoms with Gasteiger partial charge in [-0.15, -0.1) is 0 Å². The predicted molar refractivity (Wildman–Crippen MR) is 83.1 cm³/mol. The van der Waals surface area contributed by atoms with Gasteiger partial charge in [-0.25, -0.2) is 0 Å². The normalized spacial score (nSPS) is 24.5. The second-order valence-electron chi connectivity index (χ2n) is 6.20. The molecular weight excluding hydrogens is 290 g/mol. The summed E-state index contributed by atoms with van der Waals surface area (Å²) in [6, 6.07) is 0. The third kappa shape index (κ3) is 4.63. The van der Waals surface area contributed by atoms with Crippen LogP contribution >= 0.6 is 0 Å². The van der Waals surface area contributed by atoms with Gasteiger partial charge in [0.05, 0.1) is 6.10 Å². The van der Waals surface area contributed by atoms with Crippen LogP contribution in [0.3, 0.4) is 0 Å². The fourth-order valence-corrected chi connectivity index (χ4v) is 4.61. The zero-order valence-corrected chi connectivity index (χ0v) is 13.9. The highest BCUT2D eigenvalue weighted by atomic mass is 32.2. The molecule has 0 saturated carbocycles. The summed E-state index contributed by atoms with van der Waals surface area (Å²) in [5.41, 5.74) is 5.44. The molecule has 6 nitrogen and oxygen atoms in total. The number of ether oxygens (including phenoxy) is 1. The van der Waals surface area contributed by atoms with E-state index < -0.39 is 10.2 Å². The first-order valence-electron chi connectivity index (χ1n) is 8.11. The van der Waals surface area contributed by atoms with Crippen molar-refractivity contribution in [2.24, 2.45) is 11.7 Å². The molecule has 2 saturated heterocycles. The second-order valence-corrected chi connectivity index (χ2v) is 8.13. The molecule has 124 valence electrons. The summed E-state index contributed by atoms with van der Waals surface area (Å²) >= 11 is 0. The van der Waals surface area contributed by atoms with Crippen LogP contribution in [-0.4, -0.2) is 62.5 Å². The summed E-state index contributed by atoms with van der Waals surface area (Å²) in [6.07, 6.45) is 4.56. The van der Waals surface area contributed by atoms with E-state index in [2.05, 4.69) is 6.92 Å². The third-order valence-corrected chi connectivity index (χ3v) is 6.53. The average molecular weight is 319 g/mol. The number of hydrogen-bond acceptors (Lipinski definition) is 4. The van der Waals surface area contributed by atoms with Gasteiger partial charge in [-0.1, -0.05) is 6.92 Å². The minimum Gasteiger partial charge on any atom is -0.378 e. The van der Waals surface area contributed by atoms with Crippen molar-refractivity contribution in [1.82, 2.24) is 8.61 Å². The largest absolute Gasteiger partial charge is 0.378 e. The van der Waals surface area contributed by atoms with Gasteiger partial charge >= 0.3 is 0 Å². The molecule has 0 amide bonds. The Labute approximate surface area is 128 Å². The monoisotopic (exact) mass is 319 g/mol. The molecule has 0 bridgehead atoms. The number of nitrogens with zero attached hydrogens (tertiary/aromatic N) is 2. The van der Waals surface area contributed by atoms with Gasteiger partial charge in [0.25, 0.3) is 10.2 Å². The highest BCUT2D eigenvalue weighted by molar-refractivity contribution is 7.86. The molecule has 0 aliphatic carbocycles. The van der Waals surface area contributed by atoms with Gasteiger partial charge in [0.1, 0.15) is 0 Å². The topological polar surface area (TPSA) is 75.9 Å². The zero-order chi connectivity index (χ0) is 15.3. The number of hydrogen-bond donors (Lipinski definition) is 1. The Morgan fingerprint density at radius 2 is 1.57 bits per heavy atom. The summed E-state index contributed by atoms with van der Waals surface area (Å²) in [7, 11) is -3.27. The van der Waals surface area contributed by atoms with Crippen molar-refractivity contribution in [3.8, 4) is 0 Å². The molecule has 2 rings (SSSR count). The summed E-state index contributed by atoms with van der Waals surface area (Å²) in [6.45, 7) is 5.98. The first-order valence-corrected chi connectivity index (χ1v) is 9.50. The Balaban J connectivity index is 1.80. The molecule has 21 heavy (non-hydrogen) atoms. The van der Waals surface area contributed by atoms with Crippen molar-refractivity contribution in [3.05, 3.63) is 0 Å². The molecule has 2 aliphatic rings. The maximum atomic E-state index is 12.6. The smallest absolute Gasteiger partial charge is 0.281 e. The van der Waals surface area contributed by atoms with Crippen molar-refractivity contribution in [2.75, 3.05) is 39.3 Å². The van der Waals surface area contributed by atoms with E-state index in [1.807, 2.05) is 0 Å². The standard InChI is InChI=1S/C14H29N3O3S/c1-13-3-8-16(9-4-13)21(18,19)17-10-5-14(6-11-17)20-12-2-7-15/h13-14H,2-12,15H2,1H3. The van der Waals surface area contributed by atoms with Crippen LogP contribution in [0.4, 0.5) is 0 Å².